The molecule has 7 aromatic carbocycles. The molecule has 3 nitrogen and oxygen atoms in total. The van der Waals surface area contributed by atoms with Crippen LogP contribution in [-0.4, -0.2) is 4.57 Å². The van der Waals surface area contributed by atoms with Crippen LogP contribution in [-0.2, 0) is 0 Å². The van der Waals surface area contributed by atoms with E-state index in [-0.39, 0.29) is 67.9 Å². The molecule has 3 heterocycles. The number of rotatable bonds is 3. The maximum atomic E-state index is 9.15. The monoisotopic (exact) mass is 585 g/mol. The number of aromatic nitrogens is 1. The fraction of sp³-hybridized carbons (Fsp3) is 0. The van der Waals surface area contributed by atoms with Crippen molar-refractivity contribution in [2.45, 2.75) is 0 Å². The molecule has 3 heteroatoms. The summed E-state index contributed by atoms with van der Waals surface area (Å²) in [6.07, 6.45) is 0. The molecule has 0 atom stereocenters. The van der Waals surface area contributed by atoms with Gasteiger partial charge in [0.2, 0.25) is 0 Å². The van der Waals surface area contributed by atoms with E-state index in [1.165, 1.54) is 0 Å². The lowest BCUT2D eigenvalue weighted by molar-refractivity contribution is 0.669. The third-order valence-corrected chi connectivity index (χ3v) is 8.52. The Morgan fingerprint density at radius 3 is 1.93 bits per heavy atom. The molecule has 0 radical (unpaired) electrons. The van der Waals surface area contributed by atoms with Crippen molar-refractivity contribution in [3.8, 4) is 27.9 Å². The smallest absolute Gasteiger partial charge is 0.160 e. The van der Waals surface area contributed by atoms with Crippen molar-refractivity contribution in [1.29, 1.82) is 0 Å². The minimum Gasteiger partial charge on any atom is -0.456 e. The summed E-state index contributed by atoms with van der Waals surface area (Å²) in [6, 6.07) is 25.3. The minimum absolute atomic E-state index is 0.00405. The number of fused-ring (bicyclic) bond motifs is 10. The summed E-state index contributed by atoms with van der Waals surface area (Å²) in [5.74, 6) is 0. The van der Waals surface area contributed by atoms with Crippen molar-refractivity contribution >= 4 is 65.7 Å². The van der Waals surface area contributed by atoms with Gasteiger partial charge >= 0.3 is 0 Å². The predicted octanol–water partition coefficient (Wildman–Crippen LogP) is 11.9. The van der Waals surface area contributed by atoms with Gasteiger partial charge in [-0.15, -0.1) is 0 Å². The lowest BCUT2D eigenvalue weighted by atomic mass is 9.99. The zero-order chi connectivity index (χ0) is 38.2. The molecule has 0 saturated heterocycles. The zero-order valence-electron chi connectivity index (χ0n) is 33.4. The molecule has 0 unspecified atom stereocenters. The average Bonchev–Trinajstić information content (AvgIpc) is 3.90. The Hall–Kier alpha value is -6.06. The van der Waals surface area contributed by atoms with Crippen LogP contribution in [0.4, 0.5) is 0 Å². The topological polar surface area (TPSA) is 31.2 Å². The van der Waals surface area contributed by atoms with Gasteiger partial charge in [-0.25, -0.2) is 0 Å². The van der Waals surface area contributed by atoms with Crippen molar-refractivity contribution < 1.29 is 22.5 Å². The summed E-state index contributed by atoms with van der Waals surface area (Å²) >= 11 is 0. The Morgan fingerprint density at radius 1 is 0.444 bits per heavy atom. The summed E-state index contributed by atoms with van der Waals surface area (Å²) in [4.78, 5) is 0. The third kappa shape index (κ3) is 3.58. The standard InChI is InChI=1S/C42H25NO2/c1-4-10-37-31(7-1)34-22-23-35-32-8-2-6-12-39(32)45-42(35)41(34)43(37)30-20-17-27(18-21-30)26-13-15-28(16-14-26)29-19-24-40-36(25-29)33-9-3-5-11-38(33)44-40/h1-25H/i1D,2D,4D,6D,7D,8D,10D,12D,22D,23D. The Kier molecular flexibility index (Phi) is 3.42. The SMILES string of the molecule is [2H]c1c([2H])c([2H])c2c(oc3c2c([2H])c([2H])c2c4c([2H])c([2H])c([2H])c([2H])c4n(-c4ccc(-c5ccc(-c6ccc7oc8ccccc8c7c6)cc5)cc4)c32)c1[2H]. The highest BCUT2D eigenvalue weighted by molar-refractivity contribution is 6.21. The Balaban J connectivity index is 1.16. The van der Waals surface area contributed by atoms with Crippen molar-refractivity contribution in [3.05, 3.63) is 151 Å². The van der Waals surface area contributed by atoms with Crippen molar-refractivity contribution in [2.75, 3.05) is 0 Å². The molecule has 0 aliphatic rings. The molecule has 10 aromatic rings. The maximum Gasteiger partial charge on any atom is 0.160 e. The molecule has 0 bridgehead atoms. The molecule has 10 rings (SSSR count). The van der Waals surface area contributed by atoms with Crippen LogP contribution in [0, 0.1) is 0 Å². The van der Waals surface area contributed by atoms with Gasteiger partial charge in [0.1, 0.15) is 16.7 Å². The third-order valence-electron chi connectivity index (χ3n) is 8.52. The first-order chi connectivity index (χ1) is 26.5. The van der Waals surface area contributed by atoms with Gasteiger partial charge < -0.3 is 13.4 Å². The number of hydrogen-bond donors (Lipinski definition) is 0. The second-order valence-electron chi connectivity index (χ2n) is 11.0. The fourth-order valence-corrected chi connectivity index (χ4v) is 6.39. The summed E-state index contributed by atoms with van der Waals surface area (Å²) in [5, 5.41) is 2.13. The van der Waals surface area contributed by atoms with Crippen molar-refractivity contribution in [3.63, 3.8) is 0 Å². The fourth-order valence-electron chi connectivity index (χ4n) is 6.39. The normalized spacial score (nSPS) is 15.1. The number of benzene rings is 7. The van der Waals surface area contributed by atoms with Gasteiger partial charge in [0.15, 0.2) is 5.58 Å². The van der Waals surface area contributed by atoms with Crippen molar-refractivity contribution in [1.82, 2.24) is 4.57 Å². The molecule has 0 aliphatic carbocycles. The van der Waals surface area contributed by atoms with Crippen LogP contribution in [0.3, 0.4) is 0 Å². The van der Waals surface area contributed by atoms with Crippen LogP contribution < -0.4 is 0 Å². The zero-order valence-corrected chi connectivity index (χ0v) is 23.4. The van der Waals surface area contributed by atoms with Gasteiger partial charge in [-0.3, -0.25) is 0 Å². The van der Waals surface area contributed by atoms with E-state index in [4.69, 9.17) is 22.5 Å². The van der Waals surface area contributed by atoms with E-state index in [2.05, 4.69) is 6.07 Å². The van der Waals surface area contributed by atoms with E-state index in [1.807, 2.05) is 72.8 Å². The highest BCUT2D eigenvalue weighted by Gasteiger charge is 2.18. The lowest BCUT2D eigenvalue weighted by Gasteiger charge is -2.10. The average molecular weight is 586 g/mol. The first-order valence-corrected chi connectivity index (χ1v) is 14.4. The predicted molar refractivity (Wildman–Crippen MR) is 186 cm³/mol. The van der Waals surface area contributed by atoms with Crippen LogP contribution in [0.15, 0.2) is 160 Å². The molecule has 210 valence electrons. The van der Waals surface area contributed by atoms with E-state index < -0.39 is 36.3 Å². The highest BCUT2D eigenvalue weighted by Crippen LogP contribution is 2.40. The number of nitrogens with zero attached hydrogens (tertiary/aromatic N) is 1. The van der Waals surface area contributed by atoms with Crippen LogP contribution in [0.25, 0.3) is 93.6 Å². The van der Waals surface area contributed by atoms with Gasteiger partial charge in [-0.1, -0.05) is 103 Å². The van der Waals surface area contributed by atoms with Gasteiger partial charge in [0.25, 0.3) is 0 Å². The van der Waals surface area contributed by atoms with Crippen LogP contribution in [0.5, 0.6) is 0 Å². The summed E-state index contributed by atoms with van der Waals surface area (Å²) < 4.78 is 101. The summed E-state index contributed by atoms with van der Waals surface area (Å²) in [6.45, 7) is 0. The van der Waals surface area contributed by atoms with Gasteiger partial charge in [0, 0.05) is 38.0 Å². The first-order valence-electron chi connectivity index (χ1n) is 19.4. The Labute approximate surface area is 272 Å². The Bertz CT molecular complexity index is 3310. The molecule has 0 amide bonds. The largest absolute Gasteiger partial charge is 0.456 e. The summed E-state index contributed by atoms with van der Waals surface area (Å²) in [7, 11) is 0. The van der Waals surface area contributed by atoms with Crippen molar-refractivity contribution in [2.24, 2.45) is 0 Å². The molecular formula is C42H25NO2. The van der Waals surface area contributed by atoms with E-state index >= 15 is 0 Å². The lowest BCUT2D eigenvalue weighted by Crippen LogP contribution is -1.94. The second kappa shape index (κ2) is 9.22. The molecule has 0 spiro atoms. The highest BCUT2D eigenvalue weighted by atomic mass is 16.3. The first kappa shape index (κ1) is 16.7. The number of hydrogen-bond acceptors (Lipinski definition) is 2. The van der Waals surface area contributed by atoms with Gasteiger partial charge in [0.05, 0.1) is 24.7 Å². The number of para-hydroxylation sites is 3. The van der Waals surface area contributed by atoms with Gasteiger partial charge in [-0.05, 0) is 70.7 Å². The van der Waals surface area contributed by atoms with E-state index in [0.29, 0.717) is 5.69 Å². The van der Waals surface area contributed by atoms with Gasteiger partial charge in [-0.2, -0.15) is 0 Å². The molecule has 45 heavy (non-hydrogen) atoms. The molecule has 0 aliphatic heterocycles. The van der Waals surface area contributed by atoms with E-state index in [0.717, 1.165) is 44.2 Å². The molecule has 3 aromatic heterocycles. The Morgan fingerprint density at radius 2 is 1.09 bits per heavy atom. The quantitative estimate of drug-likeness (QED) is 0.206. The van der Waals surface area contributed by atoms with Crippen LogP contribution >= 0.6 is 0 Å². The minimum atomic E-state index is -0.512. The van der Waals surface area contributed by atoms with E-state index in [9.17, 15) is 0 Å². The van der Waals surface area contributed by atoms with E-state index in [1.54, 1.807) is 16.7 Å². The molecular weight excluding hydrogens is 550 g/mol. The molecule has 0 saturated carbocycles. The van der Waals surface area contributed by atoms with Crippen LogP contribution in [0.1, 0.15) is 13.7 Å². The molecule has 0 N–H and O–H groups in total. The number of furan rings is 2. The maximum absolute atomic E-state index is 9.15. The van der Waals surface area contributed by atoms with Crippen LogP contribution in [0.2, 0.25) is 0 Å². The molecule has 0 fully saturated rings. The summed E-state index contributed by atoms with van der Waals surface area (Å²) in [5.41, 5.74) is 6.05. The second-order valence-corrected chi connectivity index (χ2v) is 11.0.